The number of fused-ring (bicyclic) bond motifs is 1. The Morgan fingerprint density at radius 3 is 3.05 bits per heavy atom. The summed E-state index contributed by atoms with van der Waals surface area (Å²) in [4.78, 5) is 17.0. The number of furan rings is 1. The van der Waals surface area contributed by atoms with Crippen molar-refractivity contribution in [3.63, 3.8) is 0 Å². The first-order valence-electron chi connectivity index (χ1n) is 7.68. The SMILES string of the molecule is CCN(CC(=O)O)C1CC(NCc2cc3cccnc3o2)C1. The Kier molecular flexibility index (Phi) is 4.40. The highest BCUT2D eigenvalue weighted by molar-refractivity contribution is 5.73. The summed E-state index contributed by atoms with van der Waals surface area (Å²) < 4.78 is 5.67. The Labute approximate surface area is 129 Å². The first-order chi connectivity index (χ1) is 10.7. The molecule has 2 aromatic heterocycles. The molecule has 6 heteroatoms. The third kappa shape index (κ3) is 3.28. The predicted octanol–water partition coefficient (Wildman–Crippen LogP) is 1.85. The third-order valence-corrected chi connectivity index (χ3v) is 4.28. The van der Waals surface area contributed by atoms with Gasteiger partial charge in [0, 0.05) is 23.7 Å². The zero-order chi connectivity index (χ0) is 15.5. The van der Waals surface area contributed by atoms with Gasteiger partial charge in [0.05, 0.1) is 13.1 Å². The van der Waals surface area contributed by atoms with E-state index in [2.05, 4.69) is 10.3 Å². The molecule has 2 N–H and O–H groups in total. The summed E-state index contributed by atoms with van der Waals surface area (Å²) in [7, 11) is 0. The molecular weight excluding hydrogens is 282 g/mol. The second kappa shape index (κ2) is 6.46. The van der Waals surface area contributed by atoms with Crippen LogP contribution in [-0.2, 0) is 11.3 Å². The summed E-state index contributed by atoms with van der Waals surface area (Å²) in [5, 5.41) is 13.4. The Morgan fingerprint density at radius 2 is 2.36 bits per heavy atom. The lowest BCUT2D eigenvalue weighted by molar-refractivity contribution is -0.139. The number of carbonyl (C=O) groups is 1. The number of nitrogens with zero attached hydrogens (tertiary/aromatic N) is 2. The van der Waals surface area contributed by atoms with Gasteiger partial charge in [-0.25, -0.2) is 4.98 Å². The van der Waals surface area contributed by atoms with Crippen molar-refractivity contribution in [1.29, 1.82) is 0 Å². The fraction of sp³-hybridized carbons (Fsp3) is 0.500. The van der Waals surface area contributed by atoms with Gasteiger partial charge in [-0.15, -0.1) is 0 Å². The zero-order valence-corrected chi connectivity index (χ0v) is 12.7. The van der Waals surface area contributed by atoms with Crippen LogP contribution < -0.4 is 5.32 Å². The molecule has 0 spiro atoms. The van der Waals surface area contributed by atoms with E-state index >= 15 is 0 Å². The van der Waals surface area contributed by atoms with E-state index in [1.807, 2.05) is 30.0 Å². The maximum absolute atomic E-state index is 10.8. The van der Waals surface area contributed by atoms with Gasteiger partial charge >= 0.3 is 5.97 Å². The number of aliphatic carboxylic acids is 1. The molecule has 1 aliphatic carbocycles. The highest BCUT2D eigenvalue weighted by atomic mass is 16.4. The average molecular weight is 303 g/mol. The van der Waals surface area contributed by atoms with Crippen molar-refractivity contribution in [3.05, 3.63) is 30.2 Å². The maximum atomic E-state index is 10.8. The van der Waals surface area contributed by atoms with Gasteiger partial charge in [-0.2, -0.15) is 0 Å². The van der Waals surface area contributed by atoms with Crippen LogP contribution in [0.15, 0.2) is 28.8 Å². The first kappa shape index (κ1) is 15.0. The number of aromatic nitrogens is 1. The topological polar surface area (TPSA) is 78.6 Å². The Hall–Kier alpha value is -1.92. The molecular formula is C16H21N3O3. The molecule has 1 fully saturated rings. The summed E-state index contributed by atoms with van der Waals surface area (Å²) in [6.07, 6.45) is 3.69. The van der Waals surface area contributed by atoms with Crippen LogP contribution in [0.4, 0.5) is 0 Å². The number of carboxylic acids is 1. The molecule has 0 atom stereocenters. The molecule has 0 aromatic carbocycles. The second-order valence-electron chi connectivity index (χ2n) is 5.77. The molecule has 2 heterocycles. The molecule has 0 bridgehead atoms. The predicted molar refractivity (Wildman–Crippen MR) is 82.5 cm³/mol. The summed E-state index contributed by atoms with van der Waals surface area (Å²) in [6, 6.07) is 6.69. The molecule has 0 radical (unpaired) electrons. The first-order valence-corrected chi connectivity index (χ1v) is 7.68. The number of carboxylic acid groups (broad SMARTS) is 1. The minimum Gasteiger partial charge on any atom is -0.480 e. The average Bonchev–Trinajstić information content (AvgIpc) is 2.86. The Morgan fingerprint density at radius 1 is 1.55 bits per heavy atom. The van der Waals surface area contributed by atoms with Crippen LogP contribution in [0.3, 0.4) is 0 Å². The van der Waals surface area contributed by atoms with Crippen molar-refractivity contribution >= 4 is 17.1 Å². The molecule has 2 aromatic rings. The highest BCUT2D eigenvalue weighted by Crippen LogP contribution is 2.26. The van der Waals surface area contributed by atoms with Crippen molar-refractivity contribution in [2.24, 2.45) is 0 Å². The standard InChI is InChI=1S/C16H21N3O3/c1-2-19(10-15(20)21)13-7-12(8-13)18-9-14-6-11-4-3-5-17-16(11)22-14/h3-6,12-13,18H,2,7-10H2,1H3,(H,20,21). The zero-order valence-electron chi connectivity index (χ0n) is 12.7. The number of pyridine rings is 1. The number of hydrogen-bond donors (Lipinski definition) is 2. The van der Waals surface area contributed by atoms with Gasteiger partial charge in [0.25, 0.3) is 0 Å². The monoisotopic (exact) mass is 303 g/mol. The fourth-order valence-electron chi connectivity index (χ4n) is 2.98. The van der Waals surface area contributed by atoms with Gasteiger partial charge in [-0.3, -0.25) is 9.69 Å². The number of nitrogens with one attached hydrogen (secondary N) is 1. The highest BCUT2D eigenvalue weighted by Gasteiger charge is 2.33. The summed E-state index contributed by atoms with van der Waals surface area (Å²) >= 11 is 0. The van der Waals surface area contributed by atoms with Gasteiger partial charge in [-0.05, 0) is 37.6 Å². The lowest BCUT2D eigenvalue weighted by Crippen LogP contribution is -2.53. The lowest BCUT2D eigenvalue weighted by Gasteiger charge is -2.42. The van der Waals surface area contributed by atoms with Crippen LogP contribution in [0.25, 0.3) is 11.1 Å². The van der Waals surface area contributed by atoms with Crippen LogP contribution >= 0.6 is 0 Å². The normalized spacial score (nSPS) is 21.2. The Balaban J connectivity index is 1.47. The van der Waals surface area contributed by atoms with E-state index in [1.54, 1.807) is 6.20 Å². The second-order valence-corrected chi connectivity index (χ2v) is 5.77. The summed E-state index contributed by atoms with van der Waals surface area (Å²) in [5.41, 5.74) is 0.671. The smallest absolute Gasteiger partial charge is 0.317 e. The van der Waals surface area contributed by atoms with Crippen molar-refractivity contribution < 1.29 is 14.3 Å². The molecule has 22 heavy (non-hydrogen) atoms. The van der Waals surface area contributed by atoms with Crippen LogP contribution in [0.1, 0.15) is 25.5 Å². The van der Waals surface area contributed by atoms with E-state index in [9.17, 15) is 4.79 Å². The third-order valence-electron chi connectivity index (χ3n) is 4.28. The fourth-order valence-corrected chi connectivity index (χ4v) is 2.98. The van der Waals surface area contributed by atoms with Crippen LogP contribution in [-0.4, -0.2) is 46.1 Å². The lowest BCUT2D eigenvalue weighted by atomic mass is 9.85. The molecule has 0 aliphatic heterocycles. The van der Waals surface area contributed by atoms with Gasteiger partial charge in [-0.1, -0.05) is 6.92 Å². The Bertz CT molecular complexity index is 616. The number of rotatable bonds is 7. The van der Waals surface area contributed by atoms with Crippen LogP contribution in [0.5, 0.6) is 0 Å². The van der Waals surface area contributed by atoms with Crippen molar-refractivity contribution in [3.8, 4) is 0 Å². The summed E-state index contributed by atoms with van der Waals surface area (Å²) in [6.45, 7) is 3.59. The molecule has 0 unspecified atom stereocenters. The minimum atomic E-state index is -0.756. The van der Waals surface area contributed by atoms with E-state index < -0.39 is 5.97 Å². The van der Waals surface area contributed by atoms with E-state index in [1.165, 1.54) is 0 Å². The van der Waals surface area contributed by atoms with Crippen molar-refractivity contribution in [1.82, 2.24) is 15.2 Å². The van der Waals surface area contributed by atoms with Gasteiger partial charge < -0.3 is 14.8 Å². The van der Waals surface area contributed by atoms with E-state index in [0.717, 1.165) is 30.5 Å². The number of likely N-dealkylation sites (N-methyl/N-ethyl adjacent to an activating group) is 1. The summed E-state index contributed by atoms with van der Waals surface area (Å²) in [5.74, 6) is 0.128. The van der Waals surface area contributed by atoms with Gasteiger partial charge in [0.1, 0.15) is 5.76 Å². The van der Waals surface area contributed by atoms with Crippen LogP contribution in [0.2, 0.25) is 0 Å². The minimum absolute atomic E-state index is 0.128. The van der Waals surface area contributed by atoms with Crippen molar-refractivity contribution in [2.45, 2.75) is 38.4 Å². The van der Waals surface area contributed by atoms with E-state index in [-0.39, 0.29) is 6.54 Å². The molecule has 0 amide bonds. The number of hydrogen-bond acceptors (Lipinski definition) is 5. The molecule has 6 nitrogen and oxygen atoms in total. The van der Waals surface area contributed by atoms with E-state index in [4.69, 9.17) is 9.52 Å². The van der Waals surface area contributed by atoms with Crippen molar-refractivity contribution in [2.75, 3.05) is 13.1 Å². The van der Waals surface area contributed by atoms with Gasteiger partial charge in [0.15, 0.2) is 0 Å². The molecule has 1 aliphatic rings. The largest absolute Gasteiger partial charge is 0.480 e. The molecule has 3 rings (SSSR count). The van der Waals surface area contributed by atoms with Gasteiger partial charge in [0.2, 0.25) is 5.71 Å². The maximum Gasteiger partial charge on any atom is 0.317 e. The molecule has 1 saturated carbocycles. The molecule has 0 saturated heterocycles. The van der Waals surface area contributed by atoms with Crippen LogP contribution in [0, 0.1) is 0 Å². The quantitative estimate of drug-likeness (QED) is 0.813. The molecule has 118 valence electrons. The van der Waals surface area contributed by atoms with E-state index in [0.29, 0.717) is 24.3 Å².